The number of ether oxygens (including phenoxy) is 1. The molecule has 0 aromatic rings. The van der Waals surface area contributed by atoms with Gasteiger partial charge in [0.25, 0.3) is 0 Å². The van der Waals surface area contributed by atoms with Gasteiger partial charge in [-0.15, -0.1) is 0 Å². The molecule has 0 aliphatic heterocycles. The molecule has 0 bridgehead atoms. The van der Waals surface area contributed by atoms with Crippen molar-refractivity contribution in [3.05, 3.63) is 0 Å². The second kappa shape index (κ2) is 7.22. The summed E-state index contributed by atoms with van der Waals surface area (Å²) in [5, 5.41) is 3.25. The minimum absolute atomic E-state index is 0.219. The van der Waals surface area contributed by atoms with Gasteiger partial charge in [0.2, 0.25) is 5.91 Å². The molecule has 1 unspecified atom stereocenters. The van der Waals surface area contributed by atoms with E-state index in [4.69, 9.17) is 10.5 Å². The highest BCUT2D eigenvalue weighted by atomic mass is 16.5. The lowest BCUT2D eigenvalue weighted by Crippen LogP contribution is -2.61. The lowest BCUT2D eigenvalue weighted by molar-refractivity contribution is -0.124. The standard InChI is InChI=1S/C14H29N3O2/c1-11(2)16-14(3,13(15)18)10-17(4)7-8-19-9-12-5-6-12/h11-12,16H,5-10H2,1-4H3,(H2,15,18). The fraction of sp³-hybridized carbons (Fsp3) is 0.929. The largest absolute Gasteiger partial charge is 0.380 e. The van der Waals surface area contributed by atoms with Crippen LogP contribution in [0.25, 0.3) is 0 Å². The minimum Gasteiger partial charge on any atom is -0.380 e. The molecule has 5 nitrogen and oxygen atoms in total. The van der Waals surface area contributed by atoms with E-state index in [1.54, 1.807) is 0 Å². The molecular formula is C14H29N3O2. The van der Waals surface area contributed by atoms with E-state index in [1.165, 1.54) is 12.8 Å². The lowest BCUT2D eigenvalue weighted by atomic mass is 9.99. The van der Waals surface area contributed by atoms with E-state index in [-0.39, 0.29) is 11.9 Å². The van der Waals surface area contributed by atoms with Crippen molar-refractivity contribution in [3.8, 4) is 0 Å². The zero-order valence-electron chi connectivity index (χ0n) is 12.7. The van der Waals surface area contributed by atoms with E-state index < -0.39 is 5.54 Å². The van der Waals surface area contributed by atoms with Crippen LogP contribution >= 0.6 is 0 Å². The van der Waals surface area contributed by atoms with E-state index in [1.807, 2.05) is 27.8 Å². The van der Waals surface area contributed by atoms with Gasteiger partial charge in [-0.3, -0.25) is 4.79 Å². The van der Waals surface area contributed by atoms with E-state index in [0.717, 1.165) is 19.1 Å². The Balaban J connectivity index is 2.28. The fourth-order valence-electron chi connectivity index (χ4n) is 2.21. The Morgan fingerprint density at radius 2 is 2.16 bits per heavy atom. The smallest absolute Gasteiger partial charge is 0.238 e. The Hall–Kier alpha value is -0.650. The van der Waals surface area contributed by atoms with Gasteiger partial charge in [-0.1, -0.05) is 0 Å². The van der Waals surface area contributed by atoms with Gasteiger partial charge in [0.15, 0.2) is 0 Å². The molecular weight excluding hydrogens is 242 g/mol. The third-order valence-corrected chi connectivity index (χ3v) is 3.41. The maximum atomic E-state index is 11.6. The summed E-state index contributed by atoms with van der Waals surface area (Å²) in [5.74, 6) is 0.482. The van der Waals surface area contributed by atoms with E-state index in [0.29, 0.717) is 13.2 Å². The fourth-order valence-corrected chi connectivity index (χ4v) is 2.21. The number of carbonyl (C=O) groups excluding carboxylic acids is 1. The third kappa shape index (κ3) is 6.36. The summed E-state index contributed by atoms with van der Waals surface area (Å²) in [4.78, 5) is 13.7. The molecule has 112 valence electrons. The maximum Gasteiger partial charge on any atom is 0.238 e. The normalized spacial score (nSPS) is 18.8. The summed E-state index contributed by atoms with van der Waals surface area (Å²) >= 11 is 0. The van der Waals surface area contributed by atoms with Crippen molar-refractivity contribution < 1.29 is 9.53 Å². The second-order valence-corrected chi connectivity index (χ2v) is 6.25. The summed E-state index contributed by atoms with van der Waals surface area (Å²) in [7, 11) is 1.99. The third-order valence-electron chi connectivity index (χ3n) is 3.41. The lowest BCUT2D eigenvalue weighted by Gasteiger charge is -2.33. The van der Waals surface area contributed by atoms with Crippen LogP contribution in [0.4, 0.5) is 0 Å². The van der Waals surface area contributed by atoms with Crippen LogP contribution in [0.3, 0.4) is 0 Å². The molecule has 1 rings (SSSR count). The van der Waals surface area contributed by atoms with Crippen LogP contribution < -0.4 is 11.1 Å². The quantitative estimate of drug-likeness (QED) is 0.571. The number of primary amides is 1. The van der Waals surface area contributed by atoms with Crippen LogP contribution in [-0.2, 0) is 9.53 Å². The monoisotopic (exact) mass is 271 g/mol. The molecule has 0 heterocycles. The van der Waals surface area contributed by atoms with Gasteiger partial charge in [0.1, 0.15) is 5.54 Å². The maximum absolute atomic E-state index is 11.6. The first-order valence-corrected chi connectivity index (χ1v) is 7.17. The highest BCUT2D eigenvalue weighted by molar-refractivity contribution is 5.84. The van der Waals surface area contributed by atoms with Crippen LogP contribution in [0.15, 0.2) is 0 Å². The molecule has 1 fully saturated rings. The van der Waals surface area contributed by atoms with E-state index in [9.17, 15) is 4.79 Å². The molecule has 5 heteroatoms. The van der Waals surface area contributed by atoms with E-state index >= 15 is 0 Å². The second-order valence-electron chi connectivity index (χ2n) is 6.25. The molecule has 0 radical (unpaired) electrons. The van der Waals surface area contributed by atoms with E-state index in [2.05, 4.69) is 10.2 Å². The Morgan fingerprint density at radius 3 is 2.63 bits per heavy atom. The van der Waals surface area contributed by atoms with Crippen LogP contribution in [0.1, 0.15) is 33.6 Å². The summed E-state index contributed by atoms with van der Waals surface area (Å²) in [5.41, 5.74) is 4.82. The van der Waals surface area contributed by atoms with Crippen LogP contribution in [-0.4, -0.2) is 55.7 Å². The van der Waals surface area contributed by atoms with Crippen molar-refractivity contribution in [2.75, 3.05) is 33.4 Å². The SMILES string of the molecule is CC(C)NC(C)(CN(C)CCOCC1CC1)C(N)=O. The summed E-state index contributed by atoms with van der Waals surface area (Å²) in [6.45, 7) is 8.88. The Bertz CT molecular complexity index is 292. The Labute approximate surface area is 116 Å². The predicted octanol–water partition coefficient (Wildman–Crippen LogP) is 0.587. The molecule has 1 aliphatic carbocycles. The first-order valence-electron chi connectivity index (χ1n) is 7.17. The van der Waals surface area contributed by atoms with Gasteiger partial charge >= 0.3 is 0 Å². The van der Waals surface area contributed by atoms with Gasteiger partial charge in [-0.05, 0) is 46.6 Å². The molecule has 0 aromatic heterocycles. The molecule has 0 saturated heterocycles. The van der Waals surface area contributed by atoms with Crippen LogP contribution in [0.2, 0.25) is 0 Å². The first-order chi connectivity index (χ1) is 8.83. The van der Waals surface area contributed by atoms with Gasteiger partial charge in [-0.2, -0.15) is 0 Å². The number of nitrogens with two attached hydrogens (primary N) is 1. The minimum atomic E-state index is -0.695. The van der Waals surface area contributed by atoms with Gasteiger partial charge < -0.3 is 20.7 Å². The van der Waals surface area contributed by atoms with Gasteiger partial charge in [0, 0.05) is 25.7 Å². The predicted molar refractivity (Wildman–Crippen MR) is 76.9 cm³/mol. The molecule has 1 amide bonds. The number of hydrogen-bond donors (Lipinski definition) is 2. The molecule has 1 saturated carbocycles. The molecule has 19 heavy (non-hydrogen) atoms. The van der Waals surface area contributed by atoms with Gasteiger partial charge in [-0.25, -0.2) is 0 Å². The summed E-state index contributed by atoms with van der Waals surface area (Å²) in [6, 6.07) is 0.219. The van der Waals surface area contributed by atoms with Crippen LogP contribution in [0.5, 0.6) is 0 Å². The number of amides is 1. The number of likely N-dealkylation sites (N-methyl/N-ethyl adjacent to an activating group) is 1. The summed E-state index contributed by atoms with van der Waals surface area (Å²) < 4.78 is 5.61. The average molecular weight is 271 g/mol. The van der Waals surface area contributed by atoms with Crippen molar-refractivity contribution in [3.63, 3.8) is 0 Å². The molecule has 0 spiro atoms. The average Bonchev–Trinajstić information content (AvgIpc) is 3.06. The van der Waals surface area contributed by atoms with Crippen LogP contribution in [0, 0.1) is 5.92 Å². The van der Waals surface area contributed by atoms with Crippen molar-refractivity contribution in [1.29, 1.82) is 0 Å². The zero-order chi connectivity index (χ0) is 14.5. The van der Waals surface area contributed by atoms with Crippen molar-refractivity contribution in [2.24, 2.45) is 11.7 Å². The van der Waals surface area contributed by atoms with Gasteiger partial charge in [0.05, 0.1) is 6.61 Å². The molecule has 3 N–H and O–H groups in total. The topological polar surface area (TPSA) is 67.6 Å². The zero-order valence-corrected chi connectivity index (χ0v) is 12.7. The summed E-state index contributed by atoms with van der Waals surface area (Å²) in [6.07, 6.45) is 2.63. The van der Waals surface area contributed by atoms with Crippen molar-refractivity contribution in [2.45, 2.75) is 45.2 Å². The highest BCUT2D eigenvalue weighted by Gasteiger charge is 2.32. The molecule has 1 aliphatic rings. The molecule has 1 atom stereocenters. The van der Waals surface area contributed by atoms with Crippen molar-refractivity contribution in [1.82, 2.24) is 10.2 Å². The van der Waals surface area contributed by atoms with Crippen molar-refractivity contribution >= 4 is 5.91 Å². The highest BCUT2D eigenvalue weighted by Crippen LogP contribution is 2.28. The Morgan fingerprint density at radius 1 is 1.53 bits per heavy atom. The molecule has 0 aromatic carbocycles. The number of rotatable bonds is 10. The number of nitrogens with zero attached hydrogens (tertiary/aromatic N) is 1. The first kappa shape index (κ1) is 16.4. The number of carbonyl (C=O) groups is 1. The Kier molecular flexibility index (Phi) is 6.23. The number of hydrogen-bond acceptors (Lipinski definition) is 4. The number of nitrogens with one attached hydrogen (secondary N) is 1.